The summed E-state index contributed by atoms with van der Waals surface area (Å²) < 4.78 is 10.4. The standard InChI is InChI=1S/C11H13NO3/c1-14-7-5-9-8(10(6-7)15-2)3-4-12-11(9)13/h5-6H,3-4H2,1-2H3,(H,12,13). The normalized spacial score (nSPS) is 14.1. The summed E-state index contributed by atoms with van der Waals surface area (Å²) in [5, 5.41) is 2.79. The zero-order chi connectivity index (χ0) is 10.8. The van der Waals surface area contributed by atoms with Crippen molar-refractivity contribution in [3.63, 3.8) is 0 Å². The molecule has 4 heteroatoms. The van der Waals surface area contributed by atoms with E-state index in [4.69, 9.17) is 9.47 Å². The lowest BCUT2D eigenvalue weighted by Gasteiger charge is -2.19. The molecule has 1 heterocycles. The Morgan fingerprint density at radius 2 is 2.07 bits per heavy atom. The summed E-state index contributed by atoms with van der Waals surface area (Å²) in [5.41, 5.74) is 1.61. The molecule has 1 aromatic rings. The van der Waals surface area contributed by atoms with E-state index in [9.17, 15) is 4.79 Å². The van der Waals surface area contributed by atoms with Crippen LogP contribution in [0, 0.1) is 0 Å². The average molecular weight is 207 g/mol. The van der Waals surface area contributed by atoms with Crippen LogP contribution in [0.1, 0.15) is 15.9 Å². The van der Waals surface area contributed by atoms with E-state index in [-0.39, 0.29) is 5.91 Å². The molecule has 2 rings (SSSR count). The molecule has 15 heavy (non-hydrogen) atoms. The highest BCUT2D eigenvalue weighted by Gasteiger charge is 2.21. The van der Waals surface area contributed by atoms with Crippen molar-refractivity contribution < 1.29 is 14.3 Å². The molecule has 1 aromatic carbocycles. The van der Waals surface area contributed by atoms with Gasteiger partial charge in [0, 0.05) is 23.7 Å². The molecular weight excluding hydrogens is 194 g/mol. The van der Waals surface area contributed by atoms with E-state index in [1.807, 2.05) is 0 Å². The van der Waals surface area contributed by atoms with Crippen molar-refractivity contribution in [1.82, 2.24) is 5.32 Å². The third kappa shape index (κ3) is 1.63. The summed E-state index contributed by atoms with van der Waals surface area (Å²) in [4.78, 5) is 11.6. The molecule has 80 valence electrons. The number of rotatable bonds is 2. The molecule has 1 aliphatic rings. The Bertz CT molecular complexity index is 401. The predicted octanol–water partition coefficient (Wildman–Crippen LogP) is 0.990. The van der Waals surface area contributed by atoms with Crippen LogP contribution >= 0.6 is 0 Å². The van der Waals surface area contributed by atoms with E-state index in [2.05, 4.69) is 5.32 Å². The highest BCUT2D eigenvalue weighted by atomic mass is 16.5. The van der Waals surface area contributed by atoms with Gasteiger partial charge in [-0.3, -0.25) is 4.79 Å². The molecule has 0 unspecified atom stereocenters. The molecule has 0 saturated heterocycles. The van der Waals surface area contributed by atoms with Crippen molar-refractivity contribution >= 4 is 5.91 Å². The fraction of sp³-hybridized carbons (Fsp3) is 0.364. The quantitative estimate of drug-likeness (QED) is 0.786. The van der Waals surface area contributed by atoms with E-state index in [0.717, 1.165) is 17.7 Å². The van der Waals surface area contributed by atoms with Crippen LogP contribution in [-0.4, -0.2) is 26.7 Å². The maximum atomic E-state index is 11.6. The van der Waals surface area contributed by atoms with Crippen molar-refractivity contribution in [2.24, 2.45) is 0 Å². The number of ether oxygens (including phenoxy) is 2. The zero-order valence-corrected chi connectivity index (χ0v) is 8.79. The number of carbonyl (C=O) groups excluding carboxylic acids is 1. The van der Waals surface area contributed by atoms with Crippen LogP contribution in [0.2, 0.25) is 0 Å². The Morgan fingerprint density at radius 1 is 1.27 bits per heavy atom. The van der Waals surface area contributed by atoms with Gasteiger partial charge in [0.15, 0.2) is 0 Å². The molecule has 1 aliphatic heterocycles. The number of amides is 1. The van der Waals surface area contributed by atoms with E-state index < -0.39 is 0 Å². The van der Waals surface area contributed by atoms with Crippen molar-refractivity contribution in [3.05, 3.63) is 23.3 Å². The molecule has 0 atom stereocenters. The zero-order valence-electron chi connectivity index (χ0n) is 8.79. The lowest BCUT2D eigenvalue weighted by atomic mass is 9.99. The Hall–Kier alpha value is -1.71. The Balaban J connectivity index is 2.57. The van der Waals surface area contributed by atoms with Gasteiger partial charge in [-0.15, -0.1) is 0 Å². The first-order valence-corrected chi connectivity index (χ1v) is 4.79. The SMILES string of the molecule is COc1cc(OC)c2c(c1)C(=O)NCC2. The highest BCUT2D eigenvalue weighted by Crippen LogP contribution is 2.30. The first kappa shape index (κ1) is 9.83. The Morgan fingerprint density at radius 3 is 2.73 bits per heavy atom. The topological polar surface area (TPSA) is 47.6 Å². The number of hydrogen-bond acceptors (Lipinski definition) is 3. The number of benzene rings is 1. The van der Waals surface area contributed by atoms with Gasteiger partial charge < -0.3 is 14.8 Å². The maximum absolute atomic E-state index is 11.6. The lowest BCUT2D eigenvalue weighted by molar-refractivity contribution is 0.0944. The molecule has 0 fully saturated rings. The Labute approximate surface area is 88.2 Å². The molecular formula is C11H13NO3. The van der Waals surface area contributed by atoms with Crippen molar-refractivity contribution in [2.75, 3.05) is 20.8 Å². The lowest BCUT2D eigenvalue weighted by Crippen LogP contribution is -2.32. The maximum Gasteiger partial charge on any atom is 0.251 e. The largest absolute Gasteiger partial charge is 0.497 e. The number of hydrogen-bond donors (Lipinski definition) is 1. The minimum atomic E-state index is -0.0616. The average Bonchev–Trinajstić information content (AvgIpc) is 2.28. The monoisotopic (exact) mass is 207 g/mol. The number of methoxy groups -OCH3 is 2. The second kappa shape index (κ2) is 3.81. The second-order valence-electron chi connectivity index (χ2n) is 3.36. The van der Waals surface area contributed by atoms with Crippen LogP contribution in [0.15, 0.2) is 12.1 Å². The molecule has 0 aliphatic carbocycles. The summed E-state index contributed by atoms with van der Waals surface area (Å²) in [7, 11) is 3.17. The summed E-state index contributed by atoms with van der Waals surface area (Å²) in [6.07, 6.45) is 0.800. The minimum absolute atomic E-state index is 0.0616. The molecule has 0 spiro atoms. The molecule has 4 nitrogen and oxygen atoms in total. The fourth-order valence-electron chi connectivity index (χ4n) is 1.78. The highest BCUT2D eigenvalue weighted by molar-refractivity contribution is 5.97. The van der Waals surface area contributed by atoms with Gasteiger partial charge in [0.25, 0.3) is 5.91 Å². The van der Waals surface area contributed by atoms with Gasteiger partial charge in [-0.25, -0.2) is 0 Å². The van der Waals surface area contributed by atoms with Crippen LogP contribution < -0.4 is 14.8 Å². The van der Waals surface area contributed by atoms with E-state index in [0.29, 0.717) is 17.9 Å². The number of carbonyl (C=O) groups is 1. The van der Waals surface area contributed by atoms with Gasteiger partial charge in [-0.05, 0) is 12.5 Å². The van der Waals surface area contributed by atoms with Gasteiger partial charge in [0.1, 0.15) is 11.5 Å². The third-order valence-corrected chi connectivity index (χ3v) is 2.54. The van der Waals surface area contributed by atoms with Crippen LogP contribution in [0.5, 0.6) is 11.5 Å². The fourth-order valence-corrected chi connectivity index (χ4v) is 1.78. The molecule has 0 bridgehead atoms. The van der Waals surface area contributed by atoms with Gasteiger partial charge >= 0.3 is 0 Å². The van der Waals surface area contributed by atoms with Gasteiger partial charge in [0.05, 0.1) is 14.2 Å². The number of fused-ring (bicyclic) bond motifs is 1. The second-order valence-corrected chi connectivity index (χ2v) is 3.36. The van der Waals surface area contributed by atoms with Crippen LogP contribution in [0.3, 0.4) is 0 Å². The summed E-state index contributed by atoms with van der Waals surface area (Å²) in [6, 6.07) is 3.55. The van der Waals surface area contributed by atoms with Gasteiger partial charge in [-0.1, -0.05) is 0 Å². The number of nitrogens with one attached hydrogen (secondary N) is 1. The van der Waals surface area contributed by atoms with Crippen molar-refractivity contribution in [1.29, 1.82) is 0 Å². The molecule has 0 aromatic heterocycles. The van der Waals surface area contributed by atoms with E-state index in [1.165, 1.54) is 0 Å². The molecule has 1 N–H and O–H groups in total. The molecule has 1 amide bonds. The van der Waals surface area contributed by atoms with Crippen molar-refractivity contribution in [3.8, 4) is 11.5 Å². The first-order valence-electron chi connectivity index (χ1n) is 4.79. The van der Waals surface area contributed by atoms with E-state index >= 15 is 0 Å². The minimum Gasteiger partial charge on any atom is -0.497 e. The van der Waals surface area contributed by atoms with Gasteiger partial charge in [-0.2, -0.15) is 0 Å². The first-order chi connectivity index (χ1) is 7.26. The predicted molar refractivity (Wildman–Crippen MR) is 55.6 cm³/mol. The van der Waals surface area contributed by atoms with Crippen LogP contribution in [0.25, 0.3) is 0 Å². The van der Waals surface area contributed by atoms with E-state index in [1.54, 1.807) is 26.4 Å². The summed E-state index contributed by atoms with van der Waals surface area (Å²) in [6.45, 7) is 0.661. The van der Waals surface area contributed by atoms with Crippen LogP contribution in [-0.2, 0) is 6.42 Å². The summed E-state index contributed by atoms with van der Waals surface area (Å²) >= 11 is 0. The smallest absolute Gasteiger partial charge is 0.251 e. The van der Waals surface area contributed by atoms with Crippen molar-refractivity contribution in [2.45, 2.75) is 6.42 Å². The Kier molecular flexibility index (Phi) is 2.49. The van der Waals surface area contributed by atoms with Crippen LogP contribution in [0.4, 0.5) is 0 Å². The molecule has 0 radical (unpaired) electrons. The third-order valence-electron chi connectivity index (χ3n) is 2.54. The summed E-state index contributed by atoms with van der Waals surface area (Å²) in [5.74, 6) is 1.30. The van der Waals surface area contributed by atoms with Gasteiger partial charge in [0.2, 0.25) is 0 Å². The molecule has 0 saturated carbocycles.